The largest absolute Gasteiger partial charge is 0.345 e. The Morgan fingerprint density at radius 2 is 2.10 bits per heavy atom. The van der Waals surface area contributed by atoms with Crippen LogP contribution in [0.5, 0.6) is 0 Å². The molecule has 0 spiro atoms. The molecule has 2 heterocycles. The van der Waals surface area contributed by atoms with Gasteiger partial charge in [-0.05, 0) is 31.0 Å². The first-order valence-electron chi connectivity index (χ1n) is 6.77. The molecule has 0 amide bonds. The number of carbonyl (C=O) groups is 1. The van der Waals surface area contributed by atoms with E-state index in [9.17, 15) is 4.79 Å². The summed E-state index contributed by atoms with van der Waals surface area (Å²) in [5.41, 5.74) is 4.57. The van der Waals surface area contributed by atoms with Crippen LogP contribution in [0.15, 0.2) is 36.7 Å². The van der Waals surface area contributed by atoms with Crippen LogP contribution in [0.3, 0.4) is 0 Å². The summed E-state index contributed by atoms with van der Waals surface area (Å²) in [7, 11) is 0. The average Bonchev–Trinajstić information content (AvgIpc) is 2.88. The Bertz CT molecular complexity index is 836. The second-order valence-corrected chi connectivity index (χ2v) is 5.66. The van der Waals surface area contributed by atoms with E-state index in [-0.39, 0.29) is 5.78 Å². The maximum Gasteiger partial charge on any atom is 0.169 e. The van der Waals surface area contributed by atoms with Crippen molar-refractivity contribution in [3.63, 3.8) is 0 Å². The van der Waals surface area contributed by atoms with Crippen molar-refractivity contribution >= 4 is 28.4 Å². The number of nitrogens with zero attached hydrogens (tertiary/aromatic N) is 1. The highest BCUT2D eigenvalue weighted by Gasteiger charge is 2.16. The SMILES string of the molecule is Cc1ccc(C)c(CC(=O)c2c[nH]c3nccc(Cl)c23)c1. The van der Waals surface area contributed by atoms with E-state index >= 15 is 0 Å². The first kappa shape index (κ1) is 13.8. The Labute approximate surface area is 128 Å². The summed E-state index contributed by atoms with van der Waals surface area (Å²) in [5, 5.41) is 1.25. The van der Waals surface area contributed by atoms with Crippen molar-refractivity contribution in [2.45, 2.75) is 20.3 Å². The third-order valence-corrected chi connectivity index (χ3v) is 3.99. The number of pyridine rings is 1. The number of H-pyrrole nitrogens is 1. The van der Waals surface area contributed by atoms with Gasteiger partial charge in [0.25, 0.3) is 0 Å². The number of Topliss-reactive ketones (excluding diaryl/α,β-unsaturated/α-hetero) is 1. The molecule has 1 aromatic carbocycles. The van der Waals surface area contributed by atoms with Gasteiger partial charge < -0.3 is 4.98 Å². The minimum Gasteiger partial charge on any atom is -0.345 e. The molecule has 0 saturated heterocycles. The van der Waals surface area contributed by atoms with Crippen molar-refractivity contribution in [2.75, 3.05) is 0 Å². The molecule has 0 saturated carbocycles. The number of benzene rings is 1. The van der Waals surface area contributed by atoms with Crippen LogP contribution in [0, 0.1) is 13.8 Å². The molecule has 0 unspecified atom stereocenters. The number of halogens is 1. The Morgan fingerprint density at radius 3 is 2.90 bits per heavy atom. The van der Waals surface area contributed by atoms with Gasteiger partial charge in [0.2, 0.25) is 0 Å². The molecule has 3 rings (SSSR count). The summed E-state index contributed by atoms with van der Waals surface area (Å²) < 4.78 is 0. The molecule has 0 atom stereocenters. The molecule has 0 fully saturated rings. The fourth-order valence-corrected chi connectivity index (χ4v) is 2.74. The van der Waals surface area contributed by atoms with E-state index in [4.69, 9.17) is 11.6 Å². The van der Waals surface area contributed by atoms with Crippen LogP contribution in [-0.2, 0) is 6.42 Å². The van der Waals surface area contributed by atoms with Gasteiger partial charge in [0.05, 0.1) is 5.02 Å². The van der Waals surface area contributed by atoms with Gasteiger partial charge in [-0.2, -0.15) is 0 Å². The van der Waals surface area contributed by atoms with Gasteiger partial charge in [0.15, 0.2) is 5.78 Å². The van der Waals surface area contributed by atoms with Crippen LogP contribution in [-0.4, -0.2) is 15.8 Å². The fraction of sp³-hybridized carbons (Fsp3) is 0.176. The molecule has 2 aromatic heterocycles. The Hall–Kier alpha value is -2.13. The average molecular weight is 299 g/mol. The molecule has 0 aliphatic heterocycles. The van der Waals surface area contributed by atoms with Gasteiger partial charge in [-0.3, -0.25) is 4.79 Å². The number of aryl methyl sites for hydroxylation is 2. The highest BCUT2D eigenvalue weighted by Crippen LogP contribution is 2.26. The smallest absolute Gasteiger partial charge is 0.169 e. The van der Waals surface area contributed by atoms with Crippen molar-refractivity contribution in [3.05, 3.63) is 63.9 Å². The summed E-state index contributed by atoms with van der Waals surface area (Å²) in [6, 6.07) is 7.85. The van der Waals surface area contributed by atoms with Gasteiger partial charge in [0.1, 0.15) is 5.65 Å². The third kappa shape index (κ3) is 2.57. The van der Waals surface area contributed by atoms with Crippen molar-refractivity contribution < 1.29 is 4.79 Å². The quantitative estimate of drug-likeness (QED) is 0.734. The maximum absolute atomic E-state index is 12.6. The topological polar surface area (TPSA) is 45.8 Å². The number of fused-ring (bicyclic) bond motifs is 1. The number of ketones is 1. The Morgan fingerprint density at radius 1 is 1.29 bits per heavy atom. The number of aromatic nitrogens is 2. The highest BCUT2D eigenvalue weighted by molar-refractivity contribution is 6.36. The van der Waals surface area contributed by atoms with Crippen LogP contribution in [0.25, 0.3) is 11.0 Å². The third-order valence-electron chi connectivity index (χ3n) is 3.68. The molecule has 21 heavy (non-hydrogen) atoms. The summed E-state index contributed by atoms with van der Waals surface area (Å²) in [6.07, 6.45) is 3.68. The number of carbonyl (C=O) groups excluding carboxylic acids is 1. The Balaban J connectivity index is 2.00. The maximum atomic E-state index is 12.6. The van der Waals surface area contributed by atoms with Gasteiger partial charge in [-0.15, -0.1) is 0 Å². The first-order valence-corrected chi connectivity index (χ1v) is 7.15. The lowest BCUT2D eigenvalue weighted by Gasteiger charge is -2.06. The summed E-state index contributed by atoms with van der Waals surface area (Å²) in [5.74, 6) is 0.0462. The van der Waals surface area contributed by atoms with E-state index < -0.39 is 0 Å². The van der Waals surface area contributed by atoms with Crippen LogP contribution >= 0.6 is 11.6 Å². The first-order chi connectivity index (χ1) is 10.1. The van der Waals surface area contributed by atoms with E-state index in [0.717, 1.165) is 16.7 Å². The van der Waals surface area contributed by atoms with Gasteiger partial charge in [-0.1, -0.05) is 35.4 Å². The zero-order valence-electron chi connectivity index (χ0n) is 11.9. The van der Waals surface area contributed by atoms with Gasteiger partial charge in [-0.25, -0.2) is 4.98 Å². The van der Waals surface area contributed by atoms with Crippen molar-refractivity contribution in [3.8, 4) is 0 Å². The van der Waals surface area contributed by atoms with E-state index in [1.165, 1.54) is 0 Å². The van der Waals surface area contributed by atoms with Gasteiger partial charge in [0, 0.05) is 29.8 Å². The van der Waals surface area contributed by atoms with Crippen molar-refractivity contribution in [1.29, 1.82) is 0 Å². The summed E-state index contributed by atoms with van der Waals surface area (Å²) >= 11 is 6.19. The second kappa shape index (κ2) is 5.34. The van der Waals surface area contributed by atoms with Crippen molar-refractivity contribution in [1.82, 2.24) is 9.97 Å². The van der Waals surface area contributed by atoms with E-state index in [0.29, 0.717) is 28.0 Å². The molecule has 106 valence electrons. The molecule has 0 bridgehead atoms. The van der Waals surface area contributed by atoms with Crippen molar-refractivity contribution in [2.24, 2.45) is 0 Å². The number of hydrogen-bond acceptors (Lipinski definition) is 2. The van der Waals surface area contributed by atoms with E-state index in [2.05, 4.69) is 22.1 Å². The highest BCUT2D eigenvalue weighted by atomic mass is 35.5. The summed E-state index contributed by atoms with van der Waals surface area (Å²) in [6.45, 7) is 4.05. The fourth-order valence-electron chi connectivity index (χ4n) is 2.50. The minimum absolute atomic E-state index is 0.0462. The lowest BCUT2D eigenvalue weighted by molar-refractivity contribution is 0.0994. The number of rotatable bonds is 3. The molecule has 3 aromatic rings. The standard InChI is InChI=1S/C17H15ClN2O/c1-10-3-4-11(2)12(7-10)8-15(21)13-9-20-17-16(13)14(18)5-6-19-17/h3-7,9H,8H2,1-2H3,(H,19,20). The Kier molecular flexibility index (Phi) is 3.52. The minimum atomic E-state index is 0.0462. The van der Waals surface area contributed by atoms with E-state index in [1.807, 2.05) is 19.9 Å². The molecule has 0 radical (unpaired) electrons. The monoisotopic (exact) mass is 298 g/mol. The summed E-state index contributed by atoms with van der Waals surface area (Å²) in [4.78, 5) is 19.8. The second-order valence-electron chi connectivity index (χ2n) is 5.25. The zero-order chi connectivity index (χ0) is 15.0. The molecule has 0 aliphatic carbocycles. The van der Waals surface area contributed by atoms with E-state index in [1.54, 1.807) is 18.5 Å². The molecular formula is C17H15ClN2O. The van der Waals surface area contributed by atoms with Gasteiger partial charge >= 0.3 is 0 Å². The predicted molar refractivity (Wildman–Crippen MR) is 85.1 cm³/mol. The molecule has 4 heteroatoms. The number of aromatic amines is 1. The zero-order valence-corrected chi connectivity index (χ0v) is 12.7. The van der Waals surface area contributed by atoms with Crippen LogP contribution in [0.4, 0.5) is 0 Å². The van der Waals surface area contributed by atoms with Crippen LogP contribution in [0.1, 0.15) is 27.0 Å². The lowest BCUT2D eigenvalue weighted by Crippen LogP contribution is -2.04. The molecular weight excluding hydrogens is 284 g/mol. The molecule has 3 nitrogen and oxygen atoms in total. The van der Waals surface area contributed by atoms with Crippen LogP contribution < -0.4 is 0 Å². The molecule has 0 aliphatic rings. The van der Waals surface area contributed by atoms with Crippen LogP contribution in [0.2, 0.25) is 5.02 Å². The number of hydrogen-bond donors (Lipinski definition) is 1. The normalized spacial score (nSPS) is 11.0. The molecule has 1 N–H and O–H groups in total. The lowest BCUT2D eigenvalue weighted by atomic mass is 9.98. The number of nitrogens with one attached hydrogen (secondary N) is 1. The predicted octanol–water partition coefficient (Wildman–Crippen LogP) is 4.26.